The third kappa shape index (κ3) is 5.49. The van der Waals surface area contributed by atoms with E-state index in [2.05, 4.69) is 198 Å². The highest BCUT2D eigenvalue weighted by molar-refractivity contribution is 6.20. The number of para-hydroxylation sites is 1. The first-order valence-electron chi connectivity index (χ1n) is 21.1. The highest BCUT2D eigenvalue weighted by Gasteiger charge is 2.27. The SMILES string of the molecule is c1ccc(-c2ccc(C3=NC(c4cccc5ccccc45)NC(c4cc5c(cc4-n4c6cc7ccccc7cc6c6cc7ccccc7cc64)oc4ccccc45)=N3)cc2)cc1. The van der Waals surface area contributed by atoms with Crippen molar-refractivity contribution in [2.45, 2.75) is 6.17 Å². The van der Waals surface area contributed by atoms with Crippen molar-refractivity contribution in [1.82, 2.24) is 9.88 Å². The van der Waals surface area contributed by atoms with E-state index in [0.717, 1.165) is 77.5 Å². The molecule has 5 nitrogen and oxygen atoms in total. The second-order valence-electron chi connectivity index (χ2n) is 16.2. The summed E-state index contributed by atoms with van der Waals surface area (Å²) in [4.78, 5) is 10.9. The first-order valence-corrected chi connectivity index (χ1v) is 21.1. The van der Waals surface area contributed by atoms with Crippen molar-refractivity contribution in [1.29, 1.82) is 0 Å². The summed E-state index contributed by atoms with van der Waals surface area (Å²) in [6.07, 6.45) is -0.423. The van der Waals surface area contributed by atoms with Gasteiger partial charge in [-0.15, -0.1) is 0 Å². The largest absolute Gasteiger partial charge is 0.456 e. The molecule has 1 aliphatic heterocycles. The number of nitrogens with one attached hydrogen (secondary N) is 1. The second-order valence-corrected chi connectivity index (χ2v) is 16.2. The maximum absolute atomic E-state index is 6.68. The minimum Gasteiger partial charge on any atom is -0.456 e. The minimum atomic E-state index is -0.423. The fourth-order valence-corrected chi connectivity index (χ4v) is 9.59. The van der Waals surface area contributed by atoms with Gasteiger partial charge in [0.1, 0.15) is 23.2 Å². The normalized spacial score (nSPS) is 14.3. The Morgan fingerprint density at radius 3 is 1.69 bits per heavy atom. The molecule has 3 heterocycles. The van der Waals surface area contributed by atoms with Crippen LogP contribution in [0, 0.1) is 0 Å². The molecule has 0 saturated heterocycles. The molecule has 0 radical (unpaired) electrons. The summed E-state index contributed by atoms with van der Waals surface area (Å²) in [7, 11) is 0. The van der Waals surface area contributed by atoms with Gasteiger partial charge in [-0.05, 0) is 79.8 Å². The van der Waals surface area contributed by atoms with E-state index in [1.807, 2.05) is 18.2 Å². The molecule has 62 heavy (non-hydrogen) atoms. The first-order chi connectivity index (χ1) is 30.7. The third-order valence-electron chi connectivity index (χ3n) is 12.6. The Bertz CT molecular complexity index is 3740. The quantitative estimate of drug-likeness (QED) is 0.189. The van der Waals surface area contributed by atoms with Crippen molar-refractivity contribution in [3.05, 3.63) is 223 Å². The Hall–Kier alpha value is -8.28. The summed E-state index contributed by atoms with van der Waals surface area (Å²) < 4.78 is 9.10. The average Bonchev–Trinajstić information content (AvgIpc) is 3.85. The maximum atomic E-state index is 6.68. The maximum Gasteiger partial charge on any atom is 0.159 e. The van der Waals surface area contributed by atoms with Crippen LogP contribution in [0.15, 0.2) is 221 Å². The van der Waals surface area contributed by atoms with E-state index in [-0.39, 0.29) is 0 Å². The number of nitrogens with zero attached hydrogens (tertiary/aromatic N) is 3. The average molecular weight is 793 g/mol. The first kappa shape index (κ1) is 34.6. The Balaban J connectivity index is 1.10. The van der Waals surface area contributed by atoms with Gasteiger partial charge in [-0.1, -0.05) is 164 Å². The van der Waals surface area contributed by atoms with Crippen molar-refractivity contribution in [3.63, 3.8) is 0 Å². The third-order valence-corrected chi connectivity index (χ3v) is 12.6. The molecule has 290 valence electrons. The van der Waals surface area contributed by atoms with E-state index in [1.54, 1.807) is 0 Å². The van der Waals surface area contributed by atoms with Crippen LogP contribution >= 0.6 is 0 Å². The van der Waals surface area contributed by atoms with Gasteiger partial charge in [0, 0.05) is 44.3 Å². The number of benzene rings is 10. The van der Waals surface area contributed by atoms with Gasteiger partial charge in [0.15, 0.2) is 5.84 Å². The zero-order valence-corrected chi connectivity index (χ0v) is 33.5. The lowest BCUT2D eigenvalue weighted by molar-refractivity contribution is 0.668. The predicted molar refractivity (Wildman–Crippen MR) is 258 cm³/mol. The number of fused-ring (bicyclic) bond motifs is 9. The van der Waals surface area contributed by atoms with Crippen LogP contribution in [0.2, 0.25) is 0 Å². The molecule has 1 N–H and O–H groups in total. The van der Waals surface area contributed by atoms with Crippen LogP contribution in [0.1, 0.15) is 22.9 Å². The summed E-state index contributed by atoms with van der Waals surface area (Å²) in [5, 5.41) is 15.4. The predicted octanol–water partition coefficient (Wildman–Crippen LogP) is 14.3. The molecule has 1 atom stereocenters. The number of rotatable bonds is 5. The molecule has 0 aliphatic carbocycles. The Morgan fingerprint density at radius 1 is 0.419 bits per heavy atom. The molecule has 13 rings (SSSR count). The van der Waals surface area contributed by atoms with E-state index in [9.17, 15) is 0 Å². The van der Waals surface area contributed by atoms with Crippen molar-refractivity contribution >= 4 is 87.7 Å². The summed E-state index contributed by atoms with van der Waals surface area (Å²) in [6, 6.07) is 73.5. The van der Waals surface area contributed by atoms with E-state index in [4.69, 9.17) is 14.4 Å². The Morgan fingerprint density at radius 2 is 0.984 bits per heavy atom. The number of furan rings is 1. The lowest BCUT2D eigenvalue weighted by Crippen LogP contribution is -2.34. The molecular weight excluding hydrogens is 757 g/mol. The van der Waals surface area contributed by atoms with Gasteiger partial charge >= 0.3 is 0 Å². The van der Waals surface area contributed by atoms with E-state index in [0.29, 0.717) is 5.84 Å². The van der Waals surface area contributed by atoms with Crippen LogP contribution in [0.4, 0.5) is 0 Å². The van der Waals surface area contributed by atoms with E-state index >= 15 is 0 Å². The van der Waals surface area contributed by atoms with Crippen LogP contribution in [0.3, 0.4) is 0 Å². The lowest BCUT2D eigenvalue weighted by atomic mass is 10.00. The van der Waals surface area contributed by atoms with Crippen molar-refractivity contribution < 1.29 is 4.42 Å². The van der Waals surface area contributed by atoms with Crippen molar-refractivity contribution in [2.24, 2.45) is 9.98 Å². The molecule has 0 amide bonds. The van der Waals surface area contributed by atoms with Gasteiger partial charge in [0.25, 0.3) is 0 Å². The fourth-order valence-electron chi connectivity index (χ4n) is 9.59. The van der Waals surface area contributed by atoms with E-state index in [1.165, 1.54) is 37.9 Å². The van der Waals surface area contributed by atoms with Gasteiger partial charge in [-0.25, -0.2) is 9.98 Å². The van der Waals surface area contributed by atoms with Gasteiger partial charge in [-0.3, -0.25) is 0 Å². The van der Waals surface area contributed by atoms with E-state index < -0.39 is 6.17 Å². The van der Waals surface area contributed by atoms with Crippen LogP contribution in [0.25, 0.3) is 92.9 Å². The molecule has 0 fully saturated rings. The monoisotopic (exact) mass is 792 g/mol. The highest BCUT2D eigenvalue weighted by atomic mass is 16.3. The highest BCUT2D eigenvalue weighted by Crippen LogP contribution is 2.41. The van der Waals surface area contributed by atoms with Crippen LogP contribution in [0.5, 0.6) is 0 Å². The molecule has 0 saturated carbocycles. The molecule has 10 aromatic carbocycles. The summed E-state index contributed by atoms with van der Waals surface area (Å²) in [6.45, 7) is 0. The number of hydrogen-bond donors (Lipinski definition) is 1. The summed E-state index contributed by atoms with van der Waals surface area (Å²) in [5.41, 5.74) is 10.1. The molecular formula is C57H36N4O. The van der Waals surface area contributed by atoms with Gasteiger partial charge < -0.3 is 14.3 Å². The minimum absolute atomic E-state index is 0.423. The zero-order valence-electron chi connectivity index (χ0n) is 33.5. The molecule has 2 aromatic heterocycles. The molecule has 1 unspecified atom stereocenters. The zero-order chi connectivity index (χ0) is 40.7. The van der Waals surface area contributed by atoms with Crippen LogP contribution < -0.4 is 5.32 Å². The fraction of sp³-hybridized carbons (Fsp3) is 0.0175. The molecule has 0 bridgehead atoms. The number of aromatic nitrogens is 1. The summed E-state index contributed by atoms with van der Waals surface area (Å²) >= 11 is 0. The number of aliphatic imine (C=N–C) groups is 2. The van der Waals surface area contributed by atoms with Gasteiger partial charge in [0.2, 0.25) is 0 Å². The van der Waals surface area contributed by atoms with Gasteiger partial charge in [-0.2, -0.15) is 0 Å². The summed E-state index contributed by atoms with van der Waals surface area (Å²) in [5.74, 6) is 1.40. The lowest BCUT2D eigenvalue weighted by Gasteiger charge is -2.26. The Kier molecular flexibility index (Phi) is 7.60. The smallest absolute Gasteiger partial charge is 0.159 e. The number of hydrogen-bond acceptors (Lipinski definition) is 4. The Labute approximate surface area is 356 Å². The molecule has 0 spiro atoms. The molecule has 1 aliphatic rings. The topological polar surface area (TPSA) is 54.8 Å². The molecule has 12 aromatic rings. The van der Waals surface area contributed by atoms with Crippen molar-refractivity contribution in [2.75, 3.05) is 0 Å². The van der Waals surface area contributed by atoms with Crippen LogP contribution in [-0.4, -0.2) is 16.2 Å². The molecule has 5 heteroatoms. The number of amidine groups is 2. The van der Waals surface area contributed by atoms with Crippen LogP contribution in [-0.2, 0) is 0 Å². The van der Waals surface area contributed by atoms with Crippen molar-refractivity contribution in [3.8, 4) is 16.8 Å². The standard InChI is InChI=1S/C57H36N4O/c1-2-13-35(14-3-1)36-25-27-38(28-26-36)55-58-56(45-23-12-20-37-15-8-9-21-43(37)45)60-57(59-55)49-33-48-44-22-10-11-24-53(44)62-54(48)34-52(49)61-50-31-41-18-6-4-16-39(41)29-46(50)47-30-40-17-5-7-19-42(40)32-51(47)61/h1-34,56H,(H,58,59,60). The second kappa shape index (κ2) is 13.6. The van der Waals surface area contributed by atoms with Gasteiger partial charge in [0.05, 0.1) is 16.7 Å².